The van der Waals surface area contributed by atoms with Crippen molar-refractivity contribution in [3.05, 3.63) is 41.1 Å². The van der Waals surface area contributed by atoms with Crippen molar-refractivity contribution < 1.29 is 9.53 Å². The number of nitrogens with zero attached hydrogens (tertiary/aromatic N) is 1. The third-order valence-corrected chi connectivity index (χ3v) is 4.41. The van der Waals surface area contributed by atoms with Gasteiger partial charge in [0.25, 0.3) is 0 Å². The number of hydrogen-bond donors (Lipinski definition) is 1. The molecule has 0 fully saturated rings. The molecular formula is C18H22N2O2. The SMILES string of the molecule is CCOC(=O)c1c(CN)n(C)c2ccc(C3=CCCC3)cc12. The fourth-order valence-corrected chi connectivity index (χ4v) is 3.30. The molecule has 1 aromatic carbocycles. The zero-order valence-electron chi connectivity index (χ0n) is 13.2. The molecule has 0 atom stereocenters. The molecular weight excluding hydrogens is 276 g/mol. The number of allylic oxidation sites excluding steroid dienone is 2. The summed E-state index contributed by atoms with van der Waals surface area (Å²) >= 11 is 0. The highest BCUT2D eigenvalue weighted by Crippen LogP contribution is 2.33. The molecule has 0 unspecified atom stereocenters. The van der Waals surface area contributed by atoms with Gasteiger partial charge in [-0.2, -0.15) is 0 Å². The smallest absolute Gasteiger partial charge is 0.340 e. The van der Waals surface area contributed by atoms with Gasteiger partial charge in [0.15, 0.2) is 0 Å². The molecule has 2 aromatic rings. The monoisotopic (exact) mass is 298 g/mol. The number of carbonyl (C=O) groups is 1. The number of carbonyl (C=O) groups excluding carboxylic acids is 1. The van der Waals surface area contributed by atoms with Gasteiger partial charge in [-0.25, -0.2) is 4.79 Å². The predicted octanol–water partition coefficient (Wildman–Crippen LogP) is 3.38. The van der Waals surface area contributed by atoms with E-state index in [1.54, 1.807) is 0 Å². The fourth-order valence-electron chi connectivity index (χ4n) is 3.30. The number of ether oxygens (including phenoxy) is 1. The first-order valence-electron chi connectivity index (χ1n) is 7.85. The average molecular weight is 298 g/mol. The summed E-state index contributed by atoms with van der Waals surface area (Å²) in [5.41, 5.74) is 10.9. The third kappa shape index (κ3) is 2.33. The van der Waals surface area contributed by atoms with Gasteiger partial charge in [-0.05, 0) is 49.5 Å². The second-order valence-electron chi connectivity index (χ2n) is 5.66. The molecule has 4 heteroatoms. The molecule has 0 radical (unpaired) electrons. The van der Waals surface area contributed by atoms with E-state index in [0.29, 0.717) is 18.7 Å². The molecule has 0 aliphatic heterocycles. The number of aryl methyl sites for hydroxylation is 1. The Hall–Kier alpha value is -2.07. The van der Waals surface area contributed by atoms with Crippen LogP contribution in [0, 0.1) is 0 Å². The van der Waals surface area contributed by atoms with Gasteiger partial charge in [0, 0.05) is 30.2 Å². The van der Waals surface area contributed by atoms with Crippen LogP contribution in [0.25, 0.3) is 16.5 Å². The Bertz CT molecular complexity index is 756. The second kappa shape index (κ2) is 5.97. The molecule has 22 heavy (non-hydrogen) atoms. The van der Waals surface area contributed by atoms with E-state index in [9.17, 15) is 4.79 Å². The van der Waals surface area contributed by atoms with Crippen molar-refractivity contribution in [2.45, 2.75) is 32.7 Å². The largest absolute Gasteiger partial charge is 0.462 e. The first-order valence-corrected chi connectivity index (χ1v) is 7.85. The molecule has 1 aliphatic rings. The highest BCUT2D eigenvalue weighted by Gasteiger charge is 2.22. The third-order valence-electron chi connectivity index (χ3n) is 4.41. The Morgan fingerprint density at radius 1 is 1.41 bits per heavy atom. The van der Waals surface area contributed by atoms with Crippen LogP contribution in [0.2, 0.25) is 0 Å². The summed E-state index contributed by atoms with van der Waals surface area (Å²) in [5, 5.41) is 0.937. The normalized spacial score (nSPS) is 14.4. The molecule has 1 aromatic heterocycles. The van der Waals surface area contributed by atoms with E-state index in [2.05, 4.69) is 24.3 Å². The van der Waals surface area contributed by atoms with E-state index in [1.807, 2.05) is 18.5 Å². The van der Waals surface area contributed by atoms with Crippen LogP contribution in [-0.4, -0.2) is 17.1 Å². The number of rotatable bonds is 4. The highest BCUT2D eigenvalue weighted by molar-refractivity contribution is 6.06. The van der Waals surface area contributed by atoms with Crippen LogP contribution in [0.5, 0.6) is 0 Å². The molecule has 0 bridgehead atoms. The molecule has 4 nitrogen and oxygen atoms in total. The van der Waals surface area contributed by atoms with E-state index in [-0.39, 0.29) is 5.97 Å². The van der Waals surface area contributed by atoms with E-state index in [0.717, 1.165) is 29.4 Å². The molecule has 3 rings (SSSR count). The number of hydrogen-bond acceptors (Lipinski definition) is 3. The lowest BCUT2D eigenvalue weighted by molar-refractivity contribution is 0.0527. The quantitative estimate of drug-likeness (QED) is 0.880. The van der Waals surface area contributed by atoms with Crippen LogP contribution in [0.1, 0.15) is 47.8 Å². The number of benzene rings is 1. The van der Waals surface area contributed by atoms with Gasteiger partial charge < -0.3 is 15.0 Å². The van der Waals surface area contributed by atoms with Crippen molar-refractivity contribution in [2.24, 2.45) is 12.8 Å². The van der Waals surface area contributed by atoms with Gasteiger partial charge >= 0.3 is 5.97 Å². The van der Waals surface area contributed by atoms with E-state index in [1.165, 1.54) is 17.6 Å². The van der Waals surface area contributed by atoms with Crippen molar-refractivity contribution in [3.63, 3.8) is 0 Å². The molecule has 116 valence electrons. The minimum atomic E-state index is -0.286. The minimum Gasteiger partial charge on any atom is -0.462 e. The summed E-state index contributed by atoms with van der Waals surface area (Å²) in [6, 6.07) is 6.32. The number of nitrogens with two attached hydrogens (primary N) is 1. The lowest BCUT2D eigenvalue weighted by Crippen LogP contribution is -2.12. The van der Waals surface area contributed by atoms with Crippen molar-refractivity contribution in [1.82, 2.24) is 4.57 Å². The van der Waals surface area contributed by atoms with Gasteiger partial charge in [-0.1, -0.05) is 12.1 Å². The second-order valence-corrected chi connectivity index (χ2v) is 5.66. The van der Waals surface area contributed by atoms with Crippen molar-refractivity contribution in [3.8, 4) is 0 Å². The van der Waals surface area contributed by atoms with Crippen molar-refractivity contribution in [2.75, 3.05) is 6.61 Å². The van der Waals surface area contributed by atoms with Gasteiger partial charge in [0.05, 0.1) is 12.2 Å². The summed E-state index contributed by atoms with van der Waals surface area (Å²) < 4.78 is 7.23. The van der Waals surface area contributed by atoms with Crippen LogP contribution in [0.4, 0.5) is 0 Å². The van der Waals surface area contributed by atoms with Crippen LogP contribution in [-0.2, 0) is 18.3 Å². The maximum absolute atomic E-state index is 12.4. The summed E-state index contributed by atoms with van der Waals surface area (Å²) in [6.45, 7) is 2.50. The number of aromatic nitrogens is 1. The average Bonchev–Trinajstić information content (AvgIpc) is 3.13. The molecule has 0 spiro atoms. The standard InChI is InChI=1S/C18H22N2O2/c1-3-22-18(21)17-14-10-13(12-6-4-5-7-12)8-9-15(14)20(2)16(17)11-19/h6,8-10H,3-5,7,11,19H2,1-2H3. The topological polar surface area (TPSA) is 57.2 Å². The van der Waals surface area contributed by atoms with Crippen LogP contribution < -0.4 is 5.73 Å². The summed E-state index contributed by atoms with van der Waals surface area (Å²) in [6.07, 6.45) is 5.75. The van der Waals surface area contributed by atoms with E-state index >= 15 is 0 Å². The first kappa shape index (κ1) is 14.9. The highest BCUT2D eigenvalue weighted by atomic mass is 16.5. The maximum atomic E-state index is 12.4. The Morgan fingerprint density at radius 2 is 2.23 bits per heavy atom. The minimum absolute atomic E-state index is 0.286. The molecule has 1 aliphatic carbocycles. The zero-order chi connectivity index (χ0) is 15.7. The molecule has 0 saturated heterocycles. The maximum Gasteiger partial charge on any atom is 0.340 e. The predicted molar refractivity (Wildman–Crippen MR) is 88.6 cm³/mol. The molecule has 2 N–H and O–H groups in total. The van der Waals surface area contributed by atoms with Gasteiger partial charge in [-0.15, -0.1) is 0 Å². The molecule has 0 amide bonds. The first-order chi connectivity index (χ1) is 10.7. The Labute approximate surface area is 130 Å². The summed E-state index contributed by atoms with van der Waals surface area (Å²) in [7, 11) is 1.95. The van der Waals surface area contributed by atoms with Gasteiger partial charge in [0.1, 0.15) is 0 Å². The van der Waals surface area contributed by atoms with E-state index in [4.69, 9.17) is 10.5 Å². The Kier molecular flexibility index (Phi) is 4.03. The molecule has 1 heterocycles. The van der Waals surface area contributed by atoms with Crippen LogP contribution in [0.15, 0.2) is 24.3 Å². The lowest BCUT2D eigenvalue weighted by Gasteiger charge is -2.05. The fraction of sp³-hybridized carbons (Fsp3) is 0.389. The lowest BCUT2D eigenvalue weighted by atomic mass is 10.0. The van der Waals surface area contributed by atoms with Crippen molar-refractivity contribution >= 4 is 22.4 Å². The Morgan fingerprint density at radius 3 is 2.86 bits per heavy atom. The summed E-state index contributed by atoms with van der Waals surface area (Å²) in [4.78, 5) is 12.4. The van der Waals surface area contributed by atoms with Gasteiger partial charge in [-0.3, -0.25) is 0 Å². The van der Waals surface area contributed by atoms with Crippen LogP contribution >= 0.6 is 0 Å². The number of fused-ring (bicyclic) bond motifs is 1. The Balaban J connectivity index is 2.20. The summed E-state index contributed by atoms with van der Waals surface area (Å²) in [5.74, 6) is -0.286. The van der Waals surface area contributed by atoms with Crippen LogP contribution in [0.3, 0.4) is 0 Å². The zero-order valence-corrected chi connectivity index (χ0v) is 13.2. The molecule has 0 saturated carbocycles. The van der Waals surface area contributed by atoms with Crippen molar-refractivity contribution in [1.29, 1.82) is 0 Å². The van der Waals surface area contributed by atoms with Gasteiger partial charge in [0.2, 0.25) is 0 Å². The number of esters is 1. The van der Waals surface area contributed by atoms with E-state index < -0.39 is 0 Å².